The van der Waals surface area contributed by atoms with Crippen molar-refractivity contribution in [3.8, 4) is 33.0 Å². The maximum atomic E-state index is 14.4. The highest BCUT2D eigenvalue weighted by Gasteiger charge is 2.40. The number of nitrogens with zero attached hydrogens (tertiary/aromatic N) is 5. The minimum atomic E-state index is -0.833. The highest BCUT2D eigenvalue weighted by Crippen LogP contribution is 2.43. The van der Waals surface area contributed by atoms with Gasteiger partial charge in [-0.3, -0.25) is 18.8 Å². The van der Waals surface area contributed by atoms with Gasteiger partial charge in [-0.05, 0) is 84.6 Å². The van der Waals surface area contributed by atoms with Crippen molar-refractivity contribution < 1.29 is 9.18 Å². The number of nitrogens with two attached hydrogens (primary N) is 1. The second-order valence-corrected chi connectivity index (χ2v) is 15.3. The van der Waals surface area contributed by atoms with Crippen molar-refractivity contribution in [1.29, 1.82) is 0 Å². The second kappa shape index (κ2) is 14.6. The van der Waals surface area contributed by atoms with Crippen molar-refractivity contribution >= 4 is 22.9 Å². The lowest BCUT2D eigenvalue weighted by Crippen LogP contribution is -2.38. The van der Waals surface area contributed by atoms with E-state index in [1.165, 1.54) is 17.0 Å². The molecule has 0 spiro atoms. The Bertz CT molecular complexity index is 2480. The molecule has 2 N–H and O–H groups in total. The van der Waals surface area contributed by atoms with E-state index >= 15 is 0 Å². The summed E-state index contributed by atoms with van der Waals surface area (Å²) in [5, 5.41) is 5.45. The van der Waals surface area contributed by atoms with Crippen molar-refractivity contribution in [3.63, 3.8) is 0 Å². The smallest absolute Gasteiger partial charge is 0.218 e. The van der Waals surface area contributed by atoms with Gasteiger partial charge in [-0.1, -0.05) is 91.0 Å². The molecule has 7 nitrogen and oxygen atoms in total. The predicted molar refractivity (Wildman–Crippen MR) is 217 cm³/mol. The lowest BCUT2D eigenvalue weighted by atomic mass is 9.77. The number of aromatic nitrogens is 4. The Balaban J connectivity index is 1.19. The first-order valence-electron chi connectivity index (χ1n) is 18.6. The standard InChI is InChI=1S/C46H39FN6OS/c47-37-21-18-32(19-22-37)45-40(31-53(50-45)46(34-11-4-1-5-12-34,35-13-6-2-7-14-35)36-15-8-3-9-16-36)33-20-25-44-49-28-41(52(44)29-33)42-24-23-39(55-42)30-51-26-10-17-38(51)27-43(48)54/h1-9,11-16,18-25,28-29,31,38H,10,17,26-27,30H2,(H2,48,54)/t38-/m0/s1. The molecule has 1 aliphatic rings. The summed E-state index contributed by atoms with van der Waals surface area (Å²) in [6, 6.07) is 46.6. The largest absolute Gasteiger partial charge is 0.370 e. The van der Waals surface area contributed by atoms with Crippen molar-refractivity contribution in [1.82, 2.24) is 24.1 Å². The minimum Gasteiger partial charge on any atom is -0.370 e. The van der Waals surface area contributed by atoms with Crippen LogP contribution in [-0.2, 0) is 16.9 Å². The van der Waals surface area contributed by atoms with Gasteiger partial charge in [-0.15, -0.1) is 11.3 Å². The summed E-state index contributed by atoms with van der Waals surface area (Å²) in [4.78, 5) is 21.2. The number of pyridine rings is 1. The minimum absolute atomic E-state index is 0.196. The van der Waals surface area contributed by atoms with Gasteiger partial charge in [0.1, 0.15) is 22.7 Å². The number of thiophene rings is 1. The number of hydrogen-bond donors (Lipinski definition) is 1. The molecule has 272 valence electrons. The number of fused-ring (bicyclic) bond motifs is 1. The molecule has 0 saturated carbocycles. The van der Waals surface area contributed by atoms with E-state index in [1.54, 1.807) is 23.5 Å². The number of amides is 1. The van der Waals surface area contributed by atoms with E-state index in [4.69, 9.17) is 15.8 Å². The molecule has 1 fully saturated rings. The number of primary amides is 1. The first-order chi connectivity index (χ1) is 27.0. The first kappa shape index (κ1) is 34.6. The number of carbonyl (C=O) groups excluding carboxylic acids is 1. The lowest BCUT2D eigenvalue weighted by molar-refractivity contribution is -0.119. The molecular weight excluding hydrogens is 704 g/mol. The third-order valence-corrected chi connectivity index (χ3v) is 11.9. The van der Waals surface area contributed by atoms with Crippen molar-refractivity contribution in [2.75, 3.05) is 6.54 Å². The number of benzene rings is 4. The van der Waals surface area contributed by atoms with Gasteiger partial charge < -0.3 is 5.73 Å². The Labute approximate surface area is 323 Å². The highest BCUT2D eigenvalue weighted by atomic mass is 32.1. The third kappa shape index (κ3) is 6.45. The SMILES string of the molecule is NC(=O)C[C@@H]1CCCN1Cc1ccc(-c2cnc3ccc(-c4cn(C(c5ccccc5)(c5ccccc5)c5ccccc5)nc4-c4ccc(F)cc4)cn23)s1. The van der Waals surface area contributed by atoms with Crippen LogP contribution in [0.4, 0.5) is 4.39 Å². The number of likely N-dealkylation sites (tertiary alicyclic amines) is 1. The summed E-state index contributed by atoms with van der Waals surface area (Å²) in [5.74, 6) is -0.547. The molecule has 0 radical (unpaired) electrons. The fourth-order valence-corrected chi connectivity index (χ4v) is 9.24. The Kier molecular flexibility index (Phi) is 9.17. The monoisotopic (exact) mass is 742 g/mol. The number of rotatable bonds is 11. The number of halogens is 1. The molecule has 0 aliphatic carbocycles. The maximum absolute atomic E-state index is 14.4. The van der Waals surface area contributed by atoms with Gasteiger partial charge in [0.15, 0.2) is 0 Å². The molecule has 5 heterocycles. The van der Waals surface area contributed by atoms with E-state index in [2.05, 4.69) is 117 Å². The van der Waals surface area contributed by atoms with Gasteiger partial charge in [0.25, 0.3) is 0 Å². The molecular formula is C46H39FN6OS. The zero-order valence-electron chi connectivity index (χ0n) is 30.1. The molecule has 4 aromatic heterocycles. The molecule has 4 aromatic carbocycles. The summed E-state index contributed by atoms with van der Waals surface area (Å²) in [6.45, 7) is 1.76. The normalized spacial score (nSPS) is 14.8. The number of hydrogen-bond acceptors (Lipinski definition) is 5. The zero-order valence-corrected chi connectivity index (χ0v) is 30.9. The molecule has 9 rings (SSSR count). The topological polar surface area (TPSA) is 81.5 Å². The first-order valence-corrected chi connectivity index (χ1v) is 19.4. The Hall–Kier alpha value is -6.16. The Morgan fingerprint density at radius 1 is 0.782 bits per heavy atom. The van der Waals surface area contributed by atoms with Crippen molar-refractivity contribution in [2.45, 2.75) is 37.4 Å². The van der Waals surface area contributed by atoms with E-state index < -0.39 is 5.54 Å². The van der Waals surface area contributed by atoms with E-state index in [0.29, 0.717) is 6.42 Å². The van der Waals surface area contributed by atoms with Crippen LogP contribution in [0.15, 0.2) is 158 Å². The Morgan fingerprint density at radius 3 is 2.05 bits per heavy atom. The predicted octanol–water partition coefficient (Wildman–Crippen LogP) is 9.41. The molecule has 1 amide bonds. The molecule has 1 saturated heterocycles. The average Bonchev–Trinajstić information content (AvgIpc) is 4.04. The highest BCUT2D eigenvalue weighted by molar-refractivity contribution is 7.15. The van der Waals surface area contributed by atoms with E-state index in [-0.39, 0.29) is 17.8 Å². The van der Waals surface area contributed by atoms with Crippen LogP contribution in [-0.4, -0.2) is 42.6 Å². The summed E-state index contributed by atoms with van der Waals surface area (Å²) < 4.78 is 18.6. The number of imidazole rings is 1. The van der Waals surface area contributed by atoms with Crippen LogP contribution < -0.4 is 5.73 Å². The van der Waals surface area contributed by atoms with Crippen LogP contribution in [0.2, 0.25) is 0 Å². The fourth-order valence-electron chi connectivity index (χ4n) is 8.20. The third-order valence-electron chi connectivity index (χ3n) is 10.8. The van der Waals surface area contributed by atoms with Crippen molar-refractivity contribution in [3.05, 3.63) is 186 Å². The maximum Gasteiger partial charge on any atom is 0.218 e. The van der Waals surface area contributed by atoms with Crippen LogP contribution in [0.3, 0.4) is 0 Å². The zero-order chi connectivity index (χ0) is 37.4. The van der Waals surface area contributed by atoms with Gasteiger partial charge in [0.2, 0.25) is 5.91 Å². The molecule has 8 aromatic rings. The van der Waals surface area contributed by atoms with Gasteiger partial charge in [-0.2, -0.15) is 5.10 Å². The van der Waals surface area contributed by atoms with Crippen LogP contribution in [0.1, 0.15) is 40.8 Å². The van der Waals surface area contributed by atoms with Gasteiger partial charge in [0, 0.05) is 53.0 Å². The molecule has 9 heteroatoms. The number of carbonyl (C=O) groups is 1. The van der Waals surface area contributed by atoms with Crippen LogP contribution >= 0.6 is 11.3 Å². The van der Waals surface area contributed by atoms with Crippen LogP contribution in [0.25, 0.3) is 38.6 Å². The summed E-state index contributed by atoms with van der Waals surface area (Å²) in [7, 11) is 0. The lowest BCUT2D eigenvalue weighted by Gasteiger charge is -2.36. The summed E-state index contributed by atoms with van der Waals surface area (Å²) >= 11 is 1.75. The van der Waals surface area contributed by atoms with E-state index in [0.717, 1.165) is 81.2 Å². The van der Waals surface area contributed by atoms with Crippen LogP contribution in [0.5, 0.6) is 0 Å². The summed E-state index contributed by atoms with van der Waals surface area (Å²) in [5.41, 5.74) is 13.1. The van der Waals surface area contributed by atoms with Gasteiger partial charge >= 0.3 is 0 Å². The van der Waals surface area contributed by atoms with Gasteiger partial charge in [0.05, 0.1) is 16.8 Å². The van der Waals surface area contributed by atoms with E-state index in [9.17, 15) is 9.18 Å². The molecule has 1 aliphatic heterocycles. The quantitative estimate of drug-likeness (QED) is 0.134. The molecule has 1 atom stereocenters. The summed E-state index contributed by atoms with van der Waals surface area (Å²) in [6.07, 6.45) is 8.65. The fraction of sp³-hybridized carbons (Fsp3) is 0.152. The molecule has 55 heavy (non-hydrogen) atoms. The van der Waals surface area contributed by atoms with Gasteiger partial charge in [-0.25, -0.2) is 9.37 Å². The molecule has 0 bridgehead atoms. The van der Waals surface area contributed by atoms with Crippen LogP contribution in [0, 0.1) is 5.82 Å². The Morgan fingerprint density at radius 2 is 1.42 bits per heavy atom. The van der Waals surface area contributed by atoms with Crippen molar-refractivity contribution in [2.24, 2.45) is 5.73 Å². The van der Waals surface area contributed by atoms with E-state index in [1.807, 2.05) is 30.5 Å². The second-order valence-electron chi connectivity index (χ2n) is 14.1. The molecule has 0 unspecified atom stereocenters. The average molecular weight is 743 g/mol.